The molecule has 0 aromatic heterocycles. The van der Waals surface area contributed by atoms with Gasteiger partial charge in [-0.25, -0.2) is 0 Å². The Labute approximate surface area is 350 Å². The molecule has 10 nitrogen and oxygen atoms in total. The Morgan fingerprint density at radius 1 is 0.746 bits per heavy atom. The standard InChI is InChI=1S/C47H58N2O8S2/c1-46(2)39-18-5-7-20-41(39)48(30-9-11-33-58(51,52)53)43(46)28-24-36-16-13-17-37(45(36)57-38-26-22-35(23-27-38)15-14-32-50)25-29-44-47(3,4)40-19-6-8-21-42(40)49(44)31-10-12-34-59(54,55)56/h5-8,18-29,50H,9-17,30-34H2,1-4H3,(H-,51,52,53,54,55,56)/p+1. The van der Waals surface area contributed by atoms with Gasteiger partial charge in [0.15, 0.2) is 5.71 Å². The van der Waals surface area contributed by atoms with Crippen LogP contribution in [0.1, 0.15) is 95.8 Å². The highest BCUT2D eigenvalue weighted by molar-refractivity contribution is 7.86. The maximum atomic E-state index is 11.5. The van der Waals surface area contributed by atoms with Gasteiger partial charge < -0.3 is 14.7 Å². The van der Waals surface area contributed by atoms with E-state index in [-0.39, 0.29) is 28.9 Å². The highest BCUT2D eigenvalue weighted by Crippen LogP contribution is 2.48. The Morgan fingerprint density at radius 3 is 2.10 bits per heavy atom. The largest absolute Gasteiger partial charge is 0.457 e. The van der Waals surface area contributed by atoms with Gasteiger partial charge >= 0.3 is 0 Å². The molecule has 59 heavy (non-hydrogen) atoms. The van der Waals surface area contributed by atoms with Crippen LogP contribution in [0.3, 0.4) is 0 Å². The normalized spacial score (nSPS) is 19.0. The van der Waals surface area contributed by atoms with Gasteiger partial charge in [0.2, 0.25) is 5.69 Å². The number of anilines is 1. The summed E-state index contributed by atoms with van der Waals surface area (Å²) >= 11 is 0. The fourth-order valence-corrected chi connectivity index (χ4v) is 9.85. The summed E-state index contributed by atoms with van der Waals surface area (Å²) in [4.78, 5) is 2.27. The molecule has 0 unspecified atom stereocenters. The van der Waals surface area contributed by atoms with Crippen LogP contribution >= 0.6 is 0 Å². The molecule has 3 aromatic carbocycles. The van der Waals surface area contributed by atoms with Crippen molar-refractivity contribution >= 4 is 37.3 Å². The summed E-state index contributed by atoms with van der Waals surface area (Å²) in [5.74, 6) is 0.977. The number of nitrogens with zero attached hydrogens (tertiary/aromatic N) is 2. The second-order valence-electron chi connectivity index (χ2n) is 16.8. The molecule has 3 aliphatic rings. The van der Waals surface area contributed by atoms with E-state index in [1.807, 2.05) is 48.5 Å². The second kappa shape index (κ2) is 18.5. The quantitative estimate of drug-likeness (QED) is 0.0649. The highest BCUT2D eigenvalue weighted by Gasteiger charge is 2.44. The van der Waals surface area contributed by atoms with Gasteiger partial charge in [-0.05, 0) is 118 Å². The van der Waals surface area contributed by atoms with Crippen LogP contribution in [0.2, 0.25) is 0 Å². The number of unbranched alkanes of at least 4 members (excludes halogenated alkanes) is 2. The van der Waals surface area contributed by atoms with E-state index in [9.17, 15) is 31.0 Å². The first-order valence-electron chi connectivity index (χ1n) is 20.7. The topological polar surface area (TPSA) is 144 Å². The molecule has 0 atom stereocenters. The molecule has 0 bridgehead atoms. The molecule has 0 fully saturated rings. The number of aliphatic hydroxyl groups excluding tert-OH is 1. The molecule has 0 spiro atoms. The van der Waals surface area contributed by atoms with Gasteiger partial charge in [0, 0.05) is 54.1 Å². The molecular formula is C47H59N2O8S2+. The fourth-order valence-electron chi connectivity index (χ4n) is 8.71. The summed E-state index contributed by atoms with van der Waals surface area (Å²) in [5, 5.41) is 9.36. The van der Waals surface area contributed by atoms with Gasteiger partial charge in [-0.1, -0.05) is 68.5 Å². The van der Waals surface area contributed by atoms with E-state index in [2.05, 4.69) is 85.7 Å². The molecule has 12 heteroatoms. The van der Waals surface area contributed by atoms with Crippen LogP contribution in [0.4, 0.5) is 11.4 Å². The molecule has 2 aliphatic heterocycles. The maximum Gasteiger partial charge on any atom is 0.264 e. The predicted molar refractivity (Wildman–Crippen MR) is 236 cm³/mol. The van der Waals surface area contributed by atoms with Gasteiger partial charge in [0.25, 0.3) is 20.2 Å². The minimum Gasteiger partial charge on any atom is -0.457 e. The molecule has 2 heterocycles. The summed E-state index contributed by atoms with van der Waals surface area (Å²) in [5.41, 5.74) is 9.36. The average molecular weight is 844 g/mol. The third-order valence-electron chi connectivity index (χ3n) is 11.8. The van der Waals surface area contributed by atoms with Crippen molar-refractivity contribution < 1.29 is 40.4 Å². The Balaban J connectivity index is 1.40. The van der Waals surface area contributed by atoms with Crippen molar-refractivity contribution in [3.63, 3.8) is 0 Å². The van der Waals surface area contributed by atoms with E-state index in [1.165, 1.54) is 11.1 Å². The zero-order valence-corrected chi connectivity index (χ0v) is 36.4. The summed E-state index contributed by atoms with van der Waals surface area (Å²) in [7, 11) is -8.08. The van der Waals surface area contributed by atoms with Gasteiger partial charge in [0.1, 0.15) is 18.1 Å². The van der Waals surface area contributed by atoms with Crippen molar-refractivity contribution in [2.45, 2.75) is 96.3 Å². The highest BCUT2D eigenvalue weighted by atomic mass is 32.2. The summed E-state index contributed by atoms with van der Waals surface area (Å²) in [6, 6.07) is 24.7. The number of fused-ring (bicyclic) bond motifs is 2. The predicted octanol–water partition coefficient (Wildman–Crippen LogP) is 9.01. The number of benzene rings is 3. The monoisotopic (exact) mass is 843 g/mol. The molecule has 1 aliphatic carbocycles. The number of aryl methyl sites for hydroxylation is 1. The number of para-hydroxylation sites is 2. The van der Waals surface area contributed by atoms with Crippen molar-refractivity contribution in [2.24, 2.45) is 0 Å². The molecular weight excluding hydrogens is 785 g/mol. The number of ether oxygens (including phenoxy) is 1. The minimum atomic E-state index is -4.04. The zero-order chi connectivity index (χ0) is 42.4. The Morgan fingerprint density at radius 2 is 1.41 bits per heavy atom. The smallest absolute Gasteiger partial charge is 0.264 e. The van der Waals surface area contributed by atoms with E-state index < -0.39 is 20.2 Å². The van der Waals surface area contributed by atoms with Crippen LogP contribution in [0.15, 0.2) is 120 Å². The molecule has 0 amide bonds. The van der Waals surface area contributed by atoms with Gasteiger partial charge in [0.05, 0.1) is 16.9 Å². The van der Waals surface area contributed by atoms with Crippen LogP contribution in [-0.4, -0.2) is 72.5 Å². The van der Waals surface area contributed by atoms with Crippen molar-refractivity contribution in [3.8, 4) is 5.75 Å². The van der Waals surface area contributed by atoms with Crippen LogP contribution in [0.5, 0.6) is 5.75 Å². The van der Waals surface area contributed by atoms with Gasteiger partial charge in [-0.15, -0.1) is 0 Å². The van der Waals surface area contributed by atoms with E-state index >= 15 is 0 Å². The first-order valence-corrected chi connectivity index (χ1v) is 23.9. The van der Waals surface area contributed by atoms with Crippen LogP contribution < -0.4 is 9.64 Å². The number of rotatable bonds is 18. The first kappa shape index (κ1) is 44.2. The Kier molecular flexibility index (Phi) is 13.9. The number of allylic oxidation sites excluding steroid dienone is 7. The molecule has 3 N–H and O–H groups in total. The Bertz CT molecular complexity index is 2390. The molecule has 3 aromatic rings. The first-order chi connectivity index (χ1) is 28.0. The van der Waals surface area contributed by atoms with E-state index in [0.717, 1.165) is 76.7 Å². The molecule has 0 radical (unpaired) electrons. The lowest BCUT2D eigenvalue weighted by molar-refractivity contribution is -0.438. The third-order valence-corrected chi connectivity index (χ3v) is 13.4. The number of hydrogen-bond donors (Lipinski definition) is 3. The third kappa shape index (κ3) is 10.7. The molecule has 6 rings (SSSR count). The lowest BCUT2D eigenvalue weighted by Gasteiger charge is -2.27. The fraction of sp³-hybridized carbons (Fsp3) is 0.426. The second-order valence-corrected chi connectivity index (χ2v) is 20.0. The number of hydrogen-bond acceptors (Lipinski definition) is 7. The van der Waals surface area contributed by atoms with E-state index in [1.54, 1.807) is 0 Å². The molecule has 316 valence electrons. The van der Waals surface area contributed by atoms with Crippen molar-refractivity contribution in [1.82, 2.24) is 0 Å². The summed E-state index contributed by atoms with van der Waals surface area (Å²) in [6.45, 7) is 10.2. The van der Waals surface area contributed by atoms with Crippen molar-refractivity contribution in [1.29, 1.82) is 0 Å². The van der Waals surface area contributed by atoms with Crippen LogP contribution in [-0.2, 0) is 37.5 Å². The Hall–Kier alpha value is -4.33. The minimum absolute atomic E-state index is 0.136. The summed E-state index contributed by atoms with van der Waals surface area (Å²) in [6.07, 6.45) is 14.6. The summed E-state index contributed by atoms with van der Waals surface area (Å²) < 4.78 is 73.8. The van der Waals surface area contributed by atoms with Gasteiger partial charge in [-0.2, -0.15) is 21.4 Å². The van der Waals surface area contributed by atoms with Crippen LogP contribution in [0, 0.1) is 0 Å². The van der Waals surface area contributed by atoms with Crippen molar-refractivity contribution in [2.75, 3.05) is 36.1 Å². The van der Waals surface area contributed by atoms with E-state index in [0.29, 0.717) is 45.2 Å². The molecule has 0 saturated carbocycles. The molecule has 0 saturated heterocycles. The lowest BCUT2D eigenvalue weighted by atomic mass is 9.81. The van der Waals surface area contributed by atoms with E-state index in [4.69, 9.17) is 4.74 Å². The maximum absolute atomic E-state index is 11.5. The average Bonchev–Trinajstić information content (AvgIpc) is 3.54. The number of aliphatic hydroxyl groups is 1. The van der Waals surface area contributed by atoms with Crippen LogP contribution in [0.25, 0.3) is 0 Å². The zero-order valence-electron chi connectivity index (χ0n) is 34.7. The lowest BCUT2D eigenvalue weighted by Crippen LogP contribution is -2.28. The SMILES string of the molecule is CC1(C)C(/C=C/C2=C(Oc3ccc(CCCO)cc3)C(=C/C=C3/N(CCCCS(=O)(=O)O)c4ccccc4C3(C)C)/CCC2)=[N+](CCCCS(=O)(=O)O)c2ccccc21. The van der Waals surface area contributed by atoms with Crippen molar-refractivity contribution in [3.05, 3.63) is 136 Å². The van der Waals surface area contributed by atoms with Gasteiger partial charge in [-0.3, -0.25) is 9.11 Å².